The van der Waals surface area contributed by atoms with Gasteiger partial charge >= 0.3 is 0 Å². The van der Waals surface area contributed by atoms with Gasteiger partial charge in [0.05, 0.1) is 25.4 Å². The standard InChI is InChI=1S/C59H111NO8/c1-3-5-7-9-11-13-15-17-19-21-23-24-25-26-27-28-29-31-32-34-36-38-40-42-44-46-48-53(62)52(51-67-59-58(66)57(65)56(64)54(50-61)68-59)60-55(63)49-47-45-43-41-39-37-35-33-30-22-20-18-16-14-12-10-8-6-4-2/h18,20,38,40,46,48,52-54,56-59,61-62,64-66H,3-17,19,21-37,39,41-45,47,49-51H2,1-2H3,(H,60,63)/b20-18-,40-38+,48-46+. The summed E-state index contributed by atoms with van der Waals surface area (Å²) in [4.78, 5) is 13.0. The third kappa shape index (κ3) is 38.1. The van der Waals surface area contributed by atoms with Crippen LogP contribution in [0.2, 0.25) is 0 Å². The average molecular weight is 963 g/mol. The van der Waals surface area contributed by atoms with E-state index in [0.717, 1.165) is 38.5 Å². The zero-order valence-electron chi connectivity index (χ0n) is 44.4. The molecule has 7 unspecified atom stereocenters. The number of amides is 1. The van der Waals surface area contributed by atoms with E-state index >= 15 is 0 Å². The first-order valence-electron chi connectivity index (χ1n) is 29.2. The summed E-state index contributed by atoms with van der Waals surface area (Å²) >= 11 is 0. The van der Waals surface area contributed by atoms with Crippen LogP contribution in [0.4, 0.5) is 0 Å². The van der Waals surface area contributed by atoms with Crippen LogP contribution in [-0.2, 0) is 14.3 Å². The van der Waals surface area contributed by atoms with Crippen LogP contribution in [0.5, 0.6) is 0 Å². The van der Waals surface area contributed by atoms with Crippen molar-refractivity contribution in [2.24, 2.45) is 0 Å². The Morgan fingerprint density at radius 2 is 0.838 bits per heavy atom. The zero-order valence-corrected chi connectivity index (χ0v) is 44.4. The summed E-state index contributed by atoms with van der Waals surface area (Å²) in [7, 11) is 0. The van der Waals surface area contributed by atoms with E-state index in [1.54, 1.807) is 6.08 Å². The van der Waals surface area contributed by atoms with E-state index in [2.05, 4.69) is 43.5 Å². The number of carbonyl (C=O) groups is 1. The van der Waals surface area contributed by atoms with Crippen molar-refractivity contribution in [1.82, 2.24) is 5.32 Å². The van der Waals surface area contributed by atoms with Crippen LogP contribution < -0.4 is 5.32 Å². The van der Waals surface area contributed by atoms with Crippen molar-refractivity contribution in [3.63, 3.8) is 0 Å². The number of allylic oxidation sites excluding steroid dienone is 5. The van der Waals surface area contributed by atoms with Crippen molar-refractivity contribution in [1.29, 1.82) is 0 Å². The van der Waals surface area contributed by atoms with Crippen molar-refractivity contribution in [2.45, 2.75) is 320 Å². The molecule has 0 aromatic rings. The van der Waals surface area contributed by atoms with Crippen molar-refractivity contribution >= 4 is 5.91 Å². The molecule has 1 fully saturated rings. The van der Waals surface area contributed by atoms with Gasteiger partial charge in [0.15, 0.2) is 6.29 Å². The molecule has 68 heavy (non-hydrogen) atoms. The Bertz CT molecular complexity index is 1160. The summed E-state index contributed by atoms with van der Waals surface area (Å²) in [5.74, 6) is -0.186. The van der Waals surface area contributed by atoms with Gasteiger partial charge in [-0.05, 0) is 57.8 Å². The maximum atomic E-state index is 13.0. The Labute approximate surface area is 419 Å². The number of nitrogens with one attached hydrogen (secondary N) is 1. The molecule has 6 N–H and O–H groups in total. The molecule has 1 aliphatic rings. The van der Waals surface area contributed by atoms with E-state index in [1.165, 1.54) is 218 Å². The van der Waals surface area contributed by atoms with Gasteiger partial charge in [-0.2, -0.15) is 0 Å². The van der Waals surface area contributed by atoms with Gasteiger partial charge in [-0.25, -0.2) is 0 Å². The van der Waals surface area contributed by atoms with E-state index < -0.39 is 49.5 Å². The topological polar surface area (TPSA) is 149 Å². The van der Waals surface area contributed by atoms with Gasteiger partial charge in [-0.1, -0.05) is 249 Å². The molecule has 400 valence electrons. The van der Waals surface area contributed by atoms with E-state index in [-0.39, 0.29) is 12.5 Å². The van der Waals surface area contributed by atoms with Gasteiger partial charge in [0.25, 0.3) is 0 Å². The average Bonchev–Trinajstić information content (AvgIpc) is 3.34. The van der Waals surface area contributed by atoms with Crippen LogP contribution >= 0.6 is 0 Å². The normalized spacial score (nSPS) is 19.8. The molecule has 0 aliphatic carbocycles. The summed E-state index contributed by atoms with van der Waals surface area (Å²) in [5, 5.41) is 54.5. The van der Waals surface area contributed by atoms with E-state index in [9.17, 15) is 30.3 Å². The number of ether oxygens (including phenoxy) is 2. The molecule has 0 saturated carbocycles. The van der Waals surface area contributed by atoms with Crippen molar-refractivity contribution < 1.29 is 39.8 Å². The number of hydrogen-bond acceptors (Lipinski definition) is 8. The molecule has 1 rings (SSSR count). The van der Waals surface area contributed by atoms with E-state index in [1.807, 2.05) is 6.08 Å². The smallest absolute Gasteiger partial charge is 0.220 e. The molecule has 9 heteroatoms. The third-order valence-corrected chi connectivity index (χ3v) is 13.9. The second-order valence-corrected chi connectivity index (χ2v) is 20.4. The Balaban J connectivity index is 2.24. The second-order valence-electron chi connectivity index (χ2n) is 20.4. The Morgan fingerprint density at radius 1 is 0.485 bits per heavy atom. The van der Waals surface area contributed by atoms with Gasteiger partial charge in [0.2, 0.25) is 5.91 Å². The molecule has 9 nitrogen and oxygen atoms in total. The largest absolute Gasteiger partial charge is 0.394 e. The fourth-order valence-corrected chi connectivity index (χ4v) is 9.29. The van der Waals surface area contributed by atoms with Gasteiger partial charge in [0.1, 0.15) is 24.4 Å². The summed E-state index contributed by atoms with van der Waals surface area (Å²) in [5.41, 5.74) is 0. The van der Waals surface area contributed by atoms with E-state index in [0.29, 0.717) is 6.42 Å². The van der Waals surface area contributed by atoms with Crippen LogP contribution in [0.3, 0.4) is 0 Å². The maximum Gasteiger partial charge on any atom is 0.220 e. The van der Waals surface area contributed by atoms with Crippen molar-refractivity contribution in [3.05, 3.63) is 36.5 Å². The summed E-state index contributed by atoms with van der Waals surface area (Å²) in [6, 6.07) is -0.823. The molecule has 0 aromatic carbocycles. The molecule has 0 bridgehead atoms. The fourth-order valence-electron chi connectivity index (χ4n) is 9.29. The lowest BCUT2D eigenvalue weighted by Gasteiger charge is -2.40. The fraction of sp³-hybridized carbons (Fsp3) is 0.881. The SMILES string of the molecule is CCCCCCCC/C=C\CCCCCCCCCCCC(=O)NC(COC1OC(CO)C(O)C(O)C1O)C(O)/C=C/CC/C=C/CCCCCCCCCCCCCCCCCCCCCC. The predicted octanol–water partition coefficient (Wildman–Crippen LogP) is 14.4. The van der Waals surface area contributed by atoms with Crippen LogP contribution in [0.25, 0.3) is 0 Å². The first-order valence-corrected chi connectivity index (χ1v) is 29.2. The minimum atomic E-state index is -1.57. The molecule has 0 radical (unpaired) electrons. The number of hydrogen-bond donors (Lipinski definition) is 6. The van der Waals surface area contributed by atoms with Gasteiger partial charge in [-0.15, -0.1) is 0 Å². The van der Waals surface area contributed by atoms with E-state index in [4.69, 9.17) is 9.47 Å². The number of aliphatic hydroxyl groups is 5. The lowest BCUT2D eigenvalue weighted by atomic mass is 9.99. The molecule has 1 amide bonds. The Hall–Kier alpha value is -1.59. The second kappa shape index (κ2) is 49.0. The van der Waals surface area contributed by atoms with Crippen molar-refractivity contribution in [2.75, 3.05) is 13.2 Å². The number of rotatable bonds is 50. The Kier molecular flexibility index (Phi) is 46.4. The third-order valence-electron chi connectivity index (χ3n) is 13.9. The molecular weight excluding hydrogens is 851 g/mol. The quantitative estimate of drug-likeness (QED) is 0.0261. The highest BCUT2D eigenvalue weighted by atomic mass is 16.7. The minimum absolute atomic E-state index is 0.186. The molecule has 1 saturated heterocycles. The van der Waals surface area contributed by atoms with Gasteiger partial charge in [0, 0.05) is 6.42 Å². The maximum absolute atomic E-state index is 13.0. The lowest BCUT2D eigenvalue weighted by molar-refractivity contribution is -0.302. The molecular formula is C59H111NO8. The van der Waals surface area contributed by atoms with Crippen LogP contribution in [0.1, 0.15) is 277 Å². The first-order chi connectivity index (χ1) is 33.3. The first kappa shape index (κ1) is 64.4. The predicted molar refractivity (Wildman–Crippen MR) is 286 cm³/mol. The highest BCUT2D eigenvalue weighted by Gasteiger charge is 2.44. The zero-order chi connectivity index (χ0) is 49.4. The summed E-state index contributed by atoms with van der Waals surface area (Å²) in [6.45, 7) is 3.79. The highest BCUT2D eigenvalue weighted by molar-refractivity contribution is 5.76. The van der Waals surface area contributed by atoms with Gasteiger partial charge in [-0.3, -0.25) is 4.79 Å². The van der Waals surface area contributed by atoms with Crippen LogP contribution in [0, 0.1) is 0 Å². The Morgan fingerprint density at radius 3 is 1.24 bits per heavy atom. The van der Waals surface area contributed by atoms with Crippen molar-refractivity contribution in [3.8, 4) is 0 Å². The van der Waals surface area contributed by atoms with Gasteiger partial charge < -0.3 is 40.3 Å². The molecule has 0 aromatic heterocycles. The molecule has 0 spiro atoms. The lowest BCUT2D eigenvalue weighted by Crippen LogP contribution is -2.60. The monoisotopic (exact) mass is 962 g/mol. The minimum Gasteiger partial charge on any atom is -0.394 e. The van der Waals surface area contributed by atoms with Crippen LogP contribution in [0.15, 0.2) is 36.5 Å². The molecule has 7 atom stereocenters. The summed E-state index contributed by atoms with van der Waals surface area (Å²) in [6.07, 6.45) is 56.4. The van der Waals surface area contributed by atoms with Crippen LogP contribution in [-0.4, -0.2) is 87.5 Å². The highest BCUT2D eigenvalue weighted by Crippen LogP contribution is 2.23. The molecule has 1 heterocycles. The number of unbranched alkanes of at least 4 members (excludes halogenated alkanes) is 36. The number of carbonyl (C=O) groups excluding carboxylic acids is 1. The summed E-state index contributed by atoms with van der Waals surface area (Å²) < 4.78 is 11.3. The molecule has 1 aliphatic heterocycles. The number of aliphatic hydroxyl groups excluding tert-OH is 5.